The van der Waals surface area contributed by atoms with Gasteiger partial charge in [0.2, 0.25) is 4.96 Å². The standard InChI is InChI=1S/C47H29N5OS/c53-46-48-44(31-16-6-2-7-17-31)49-47-52(46)43(30-14-4-1-5-15-30)45(54-47)51-40-23-13-11-21-36(40)38-29-33(25-27-42(38)51)32-24-26-41-37(28-32)35-20-10-12-22-39(35)50(41)34-18-8-3-9-19-34/h1-4,6-14,16-24,26,28-29H,25,27H2. The second-order valence-corrected chi connectivity index (χ2v) is 14.5. The number of hydrogen-bond acceptors (Lipinski definition) is 4. The van der Waals surface area contributed by atoms with E-state index in [2.05, 4.69) is 129 Å². The number of thiazole rings is 1. The molecule has 54 heavy (non-hydrogen) atoms. The highest BCUT2D eigenvalue weighted by molar-refractivity contribution is 7.19. The first-order chi connectivity index (χ1) is 26.7. The molecule has 7 heteroatoms. The van der Waals surface area contributed by atoms with Gasteiger partial charge in [0.15, 0.2) is 5.82 Å². The number of fused-ring (bicyclic) bond motifs is 7. The van der Waals surface area contributed by atoms with Gasteiger partial charge >= 0.3 is 5.69 Å². The van der Waals surface area contributed by atoms with Crippen molar-refractivity contribution < 1.29 is 0 Å². The second-order valence-electron chi connectivity index (χ2n) is 13.6. The lowest BCUT2D eigenvalue weighted by atomic mass is 9.90. The molecule has 0 aliphatic heterocycles. The lowest BCUT2D eigenvalue weighted by molar-refractivity contribution is 0.893. The monoisotopic (exact) mass is 711 g/mol. The first kappa shape index (κ1) is 30.6. The average Bonchev–Trinajstić information content (AvgIpc) is 3.89. The van der Waals surface area contributed by atoms with E-state index in [1.54, 1.807) is 4.40 Å². The molecule has 0 fully saturated rings. The van der Waals surface area contributed by atoms with Crippen LogP contribution in [0.15, 0.2) is 162 Å². The van der Waals surface area contributed by atoms with Gasteiger partial charge in [-0.15, -0.1) is 0 Å². The Morgan fingerprint density at radius 1 is 0.667 bits per heavy atom. The van der Waals surface area contributed by atoms with Crippen LogP contribution in [0.25, 0.3) is 77.0 Å². The molecule has 254 valence electrons. The van der Waals surface area contributed by atoms with Crippen LogP contribution in [0, 0.1) is 0 Å². The molecular weight excluding hydrogens is 683 g/mol. The number of hydrogen-bond donors (Lipinski definition) is 0. The van der Waals surface area contributed by atoms with Crippen molar-refractivity contribution in [3.63, 3.8) is 0 Å². The minimum Gasteiger partial charge on any atom is -0.309 e. The summed E-state index contributed by atoms with van der Waals surface area (Å²) in [6.07, 6.45) is 9.80. The highest BCUT2D eigenvalue weighted by Gasteiger charge is 2.28. The van der Waals surface area contributed by atoms with E-state index in [9.17, 15) is 4.79 Å². The van der Waals surface area contributed by atoms with Crippen molar-refractivity contribution in [1.29, 1.82) is 0 Å². The van der Waals surface area contributed by atoms with Crippen LogP contribution < -0.4 is 5.69 Å². The number of allylic oxidation sites excluding steroid dienone is 5. The smallest absolute Gasteiger partial charge is 0.309 e. The molecule has 6 nitrogen and oxygen atoms in total. The summed E-state index contributed by atoms with van der Waals surface area (Å²) < 4.78 is 6.34. The zero-order chi connectivity index (χ0) is 35.8. The van der Waals surface area contributed by atoms with Crippen LogP contribution in [0.3, 0.4) is 0 Å². The van der Waals surface area contributed by atoms with Gasteiger partial charge in [0, 0.05) is 38.7 Å². The Kier molecular flexibility index (Phi) is 6.81. The molecular formula is C47H29N5OS. The highest BCUT2D eigenvalue weighted by Crippen LogP contribution is 2.43. The minimum atomic E-state index is -0.370. The third kappa shape index (κ3) is 4.64. The van der Waals surface area contributed by atoms with Gasteiger partial charge in [0.25, 0.3) is 0 Å². The van der Waals surface area contributed by atoms with E-state index in [0.29, 0.717) is 10.8 Å². The number of para-hydroxylation sites is 3. The van der Waals surface area contributed by atoms with Crippen molar-refractivity contribution in [3.05, 3.63) is 190 Å². The highest BCUT2D eigenvalue weighted by atomic mass is 32.1. The second kappa shape index (κ2) is 12.0. The lowest BCUT2D eigenvalue weighted by Crippen LogP contribution is -2.20. The van der Waals surface area contributed by atoms with E-state index in [1.165, 1.54) is 60.9 Å². The maximum atomic E-state index is 13.9. The number of benzene rings is 5. The van der Waals surface area contributed by atoms with Gasteiger partial charge in [-0.2, -0.15) is 9.97 Å². The molecule has 0 unspecified atom stereocenters. The molecule has 4 aromatic heterocycles. The summed E-state index contributed by atoms with van der Waals surface area (Å²) in [5, 5.41) is 4.56. The number of rotatable bonds is 5. The summed E-state index contributed by atoms with van der Waals surface area (Å²) in [5.74, 6) is 0.416. The Hall–Kier alpha value is -7.01. The molecule has 11 rings (SSSR count). The summed E-state index contributed by atoms with van der Waals surface area (Å²) in [5.41, 5.74) is 17.9. The summed E-state index contributed by atoms with van der Waals surface area (Å²) in [7, 11) is 0. The van der Waals surface area contributed by atoms with Gasteiger partial charge in [-0.3, -0.25) is 0 Å². The zero-order valence-electron chi connectivity index (χ0n) is 28.9. The zero-order valence-corrected chi connectivity index (χ0v) is 29.7. The van der Waals surface area contributed by atoms with Crippen LogP contribution >= 0.6 is 11.3 Å². The fourth-order valence-electron chi connectivity index (χ4n) is 8.19. The van der Waals surface area contributed by atoms with Gasteiger partial charge in [-0.05, 0) is 78.6 Å². The molecule has 4 heterocycles. The van der Waals surface area contributed by atoms with Crippen LogP contribution in [-0.4, -0.2) is 23.5 Å². The summed E-state index contributed by atoms with van der Waals surface area (Å²) in [4.78, 5) is 23.9. The maximum absolute atomic E-state index is 13.9. The number of nitrogens with zero attached hydrogens (tertiary/aromatic N) is 5. The van der Waals surface area contributed by atoms with E-state index in [4.69, 9.17) is 4.98 Å². The fourth-order valence-corrected chi connectivity index (χ4v) is 9.35. The first-order valence-corrected chi connectivity index (χ1v) is 18.8. The molecule has 2 aliphatic carbocycles. The third-order valence-electron chi connectivity index (χ3n) is 10.6. The van der Waals surface area contributed by atoms with Crippen LogP contribution in [0.5, 0.6) is 0 Å². The molecule has 0 spiro atoms. The van der Waals surface area contributed by atoms with Crippen molar-refractivity contribution in [3.8, 4) is 22.1 Å². The fraction of sp³-hybridized carbons (Fsp3) is 0.0426. The average molecular weight is 712 g/mol. The van der Waals surface area contributed by atoms with Crippen molar-refractivity contribution in [2.45, 2.75) is 12.8 Å². The van der Waals surface area contributed by atoms with E-state index in [0.717, 1.165) is 45.9 Å². The SMILES string of the molecule is O=c1nc(-c2ccccc2)nc2sc(-n3c4c(c5ccccc53)C=C(c3ccc5c(c3)c3ccccc3n5-c3ccccc3)CC4)c(C3=C=C=CC=C3)n12. The van der Waals surface area contributed by atoms with Gasteiger partial charge in [-0.1, -0.05) is 120 Å². The predicted octanol–water partition coefficient (Wildman–Crippen LogP) is 10.6. The summed E-state index contributed by atoms with van der Waals surface area (Å²) in [6, 6.07) is 44.4. The van der Waals surface area contributed by atoms with Crippen molar-refractivity contribution in [2.75, 3.05) is 0 Å². The minimum absolute atomic E-state index is 0.370. The topological polar surface area (TPSA) is 57.1 Å². The molecule has 9 aromatic rings. The van der Waals surface area contributed by atoms with Crippen LogP contribution in [0.1, 0.15) is 28.9 Å². The molecule has 0 atom stereocenters. The van der Waals surface area contributed by atoms with Gasteiger partial charge in [0.1, 0.15) is 10.7 Å². The Morgan fingerprint density at radius 2 is 1.39 bits per heavy atom. The normalized spacial score (nSPS) is 13.6. The Balaban J connectivity index is 1.12. The molecule has 0 saturated carbocycles. The Bertz CT molecular complexity index is 3250. The third-order valence-corrected chi connectivity index (χ3v) is 11.6. The van der Waals surface area contributed by atoms with E-state index in [1.807, 2.05) is 48.6 Å². The molecule has 0 bridgehead atoms. The van der Waals surface area contributed by atoms with Gasteiger partial charge in [0.05, 0.1) is 22.1 Å². The maximum Gasteiger partial charge on any atom is 0.356 e. The van der Waals surface area contributed by atoms with Gasteiger partial charge < -0.3 is 9.13 Å². The molecule has 2 aliphatic rings. The van der Waals surface area contributed by atoms with Crippen molar-refractivity contribution >= 4 is 66.2 Å². The van der Waals surface area contributed by atoms with Crippen LogP contribution in [-0.2, 0) is 6.42 Å². The molecule has 0 saturated heterocycles. The largest absolute Gasteiger partial charge is 0.356 e. The van der Waals surface area contributed by atoms with E-state index < -0.39 is 0 Å². The summed E-state index contributed by atoms with van der Waals surface area (Å²) >= 11 is 1.51. The van der Waals surface area contributed by atoms with Crippen LogP contribution in [0.4, 0.5) is 0 Å². The Labute approximate surface area is 313 Å². The van der Waals surface area contributed by atoms with Crippen molar-refractivity contribution in [2.24, 2.45) is 0 Å². The lowest BCUT2D eigenvalue weighted by Gasteiger charge is -2.18. The van der Waals surface area contributed by atoms with Crippen LogP contribution in [0.2, 0.25) is 0 Å². The molecule has 0 amide bonds. The Morgan fingerprint density at radius 3 is 2.19 bits per heavy atom. The van der Waals surface area contributed by atoms with E-state index >= 15 is 0 Å². The molecule has 5 aromatic carbocycles. The predicted molar refractivity (Wildman–Crippen MR) is 221 cm³/mol. The quantitative estimate of drug-likeness (QED) is 0.167. The van der Waals surface area contributed by atoms with Crippen molar-refractivity contribution in [1.82, 2.24) is 23.5 Å². The van der Waals surface area contributed by atoms with Gasteiger partial charge in [-0.25, -0.2) is 9.20 Å². The summed E-state index contributed by atoms with van der Waals surface area (Å²) in [6.45, 7) is 0. The molecule has 0 N–H and O–H groups in total. The first-order valence-electron chi connectivity index (χ1n) is 18.0. The van der Waals surface area contributed by atoms with E-state index in [-0.39, 0.29) is 5.69 Å². The number of aromatic nitrogens is 5. The molecule has 0 radical (unpaired) electrons.